The molecule has 0 aliphatic carbocycles. The van der Waals surface area contributed by atoms with Gasteiger partial charge in [0.2, 0.25) is 17.6 Å². The molecule has 0 aliphatic rings. The summed E-state index contributed by atoms with van der Waals surface area (Å²) in [6.07, 6.45) is 0.215. The van der Waals surface area contributed by atoms with Crippen molar-refractivity contribution in [2.75, 3.05) is 0 Å². The van der Waals surface area contributed by atoms with Gasteiger partial charge in [-0.05, 0) is 37.6 Å². The van der Waals surface area contributed by atoms with Crippen molar-refractivity contribution in [1.29, 1.82) is 0 Å². The molecule has 0 aliphatic heterocycles. The number of rotatable bonds is 6. The largest absolute Gasteiger partial charge is 0.480 e. The highest BCUT2D eigenvalue weighted by Crippen LogP contribution is 2.19. The molecule has 7 nitrogen and oxygen atoms in total. The minimum atomic E-state index is -1.11. The predicted molar refractivity (Wildman–Crippen MR) is 78.0 cm³/mol. The number of aliphatic carboxylic acids is 1. The molecule has 0 bridgehead atoms. The summed E-state index contributed by atoms with van der Waals surface area (Å²) in [5.41, 5.74) is 1.08. The van der Waals surface area contributed by atoms with Gasteiger partial charge >= 0.3 is 5.97 Å². The van der Waals surface area contributed by atoms with Crippen LogP contribution >= 0.6 is 0 Å². The molecule has 1 aromatic heterocycles. The van der Waals surface area contributed by atoms with E-state index in [1.54, 1.807) is 13.0 Å². The maximum Gasteiger partial charge on any atom is 0.325 e. The highest BCUT2D eigenvalue weighted by atomic mass is 19.1. The van der Waals surface area contributed by atoms with E-state index in [-0.39, 0.29) is 24.5 Å². The second-order valence-corrected chi connectivity index (χ2v) is 5.10. The monoisotopic (exact) mass is 321 g/mol. The number of hydrogen-bond acceptors (Lipinski definition) is 5. The smallest absolute Gasteiger partial charge is 0.325 e. The molecule has 2 rings (SSSR count). The molecule has 0 fully saturated rings. The molecule has 0 saturated carbocycles. The van der Waals surface area contributed by atoms with Gasteiger partial charge in [-0.25, -0.2) is 4.39 Å². The van der Waals surface area contributed by atoms with Crippen LogP contribution in [0, 0.1) is 12.7 Å². The van der Waals surface area contributed by atoms with Crippen molar-refractivity contribution < 1.29 is 23.6 Å². The molecule has 1 heterocycles. The molecule has 1 aromatic carbocycles. The lowest BCUT2D eigenvalue weighted by Gasteiger charge is -2.07. The van der Waals surface area contributed by atoms with Crippen LogP contribution < -0.4 is 5.32 Å². The Labute approximate surface area is 131 Å². The lowest BCUT2D eigenvalue weighted by atomic mass is 10.1. The average Bonchev–Trinajstić information content (AvgIpc) is 2.96. The van der Waals surface area contributed by atoms with Crippen molar-refractivity contribution >= 4 is 11.9 Å². The molecular weight excluding hydrogens is 305 g/mol. The van der Waals surface area contributed by atoms with Crippen molar-refractivity contribution in [3.63, 3.8) is 0 Å². The first kappa shape index (κ1) is 16.6. The van der Waals surface area contributed by atoms with E-state index >= 15 is 0 Å². The van der Waals surface area contributed by atoms with Gasteiger partial charge in [-0.15, -0.1) is 0 Å². The van der Waals surface area contributed by atoms with Gasteiger partial charge in [-0.2, -0.15) is 4.98 Å². The fourth-order valence-electron chi connectivity index (χ4n) is 1.85. The van der Waals surface area contributed by atoms with E-state index in [1.165, 1.54) is 19.1 Å². The van der Waals surface area contributed by atoms with Crippen LogP contribution in [0.1, 0.15) is 24.8 Å². The molecule has 0 spiro atoms. The zero-order valence-electron chi connectivity index (χ0n) is 12.7. The third-order valence-corrected chi connectivity index (χ3v) is 3.20. The fourth-order valence-corrected chi connectivity index (χ4v) is 1.85. The van der Waals surface area contributed by atoms with Crippen molar-refractivity contribution in [1.82, 2.24) is 15.5 Å². The number of nitrogens with one attached hydrogen (secondary N) is 1. The average molecular weight is 321 g/mol. The van der Waals surface area contributed by atoms with Gasteiger partial charge in [-0.3, -0.25) is 9.59 Å². The number of aryl methyl sites for hydroxylation is 2. The summed E-state index contributed by atoms with van der Waals surface area (Å²) in [7, 11) is 0. The highest BCUT2D eigenvalue weighted by Gasteiger charge is 2.15. The minimum absolute atomic E-state index is 0.0295. The van der Waals surface area contributed by atoms with Crippen LogP contribution in [0.2, 0.25) is 0 Å². The van der Waals surface area contributed by atoms with Crippen LogP contribution in [0.25, 0.3) is 11.4 Å². The minimum Gasteiger partial charge on any atom is -0.480 e. The summed E-state index contributed by atoms with van der Waals surface area (Å²) in [5, 5.41) is 14.8. The van der Waals surface area contributed by atoms with E-state index in [0.29, 0.717) is 17.0 Å². The number of carboxylic acid groups (broad SMARTS) is 1. The van der Waals surface area contributed by atoms with Gasteiger partial charge in [0, 0.05) is 18.4 Å². The second kappa shape index (κ2) is 6.99. The third-order valence-electron chi connectivity index (χ3n) is 3.20. The molecule has 8 heteroatoms. The number of nitrogens with zero attached hydrogens (tertiary/aromatic N) is 2. The summed E-state index contributed by atoms with van der Waals surface area (Å²) >= 11 is 0. The van der Waals surface area contributed by atoms with E-state index < -0.39 is 17.9 Å². The first-order valence-corrected chi connectivity index (χ1v) is 6.98. The van der Waals surface area contributed by atoms with Gasteiger partial charge in [0.05, 0.1) is 0 Å². The number of amides is 1. The van der Waals surface area contributed by atoms with E-state index in [1.807, 2.05) is 0 Å². The molecule has 1 amide bonds. The number of benzene rings is 1. The Morgan fingerprint density at radius 3 is 2.83 bits per heavy atom. The van der Waals surface area contributed by atoms with Gasteiger partial charge < -0.3 is 14.9 Å². The molecule has 1 atom stereocenters. The lowest BCUT2D eigenvalue weighted by molar-refractivity contribution is -0.141. The molecule has 122 valence electrons. The molecule has 0 saturated heterocycles. The fraction of sp³-hybridized carbons (Fsp3) is 0.333. The van der Waals surface area contributed by atoms with Crippen LogP contribution in [0.3, 0.4) is 0 Å². The Morgan fingerprint density at radius 2 is 2.17 bits per heavy atom. The number of carboxylic acids is 1. The van der Waals surface area contributed by atoms with Gasteiger partial charge in [0.15, 0.2) is 0 Å². The SMILES string of the molecule is Cc1cc(-c2noc(CCC(=O)N[C@H](C)C(=O)O)n2)ccc1F. The number of hydrogen-bond donors (Lipinski definition) is 2. The normalized spacial score (nSPS) is 12.0. The number of aromatic nitrogens is 2. The first-order valence-electron chi connectivity index (χ1n) is 6.98. The highest BCUT2D eigenvalue weighted by molar-refractivity contribution is 5.83. The molecular formula is C15H16FN3O4. The van der Waals surface area contributed by atoms with Crippen molar-refractivity contribution in [3.8, 4) is 11.4 Å². The van der Waals surface area contributed by atoms with Crippen LogP contribution in [-0.2, 0) is 16.0 Å². The molecule has 0 unspecified atom stereocenters. The number of carbonyl (C=O) groups is 2. The molecule has 0 radical (unpaired) electrons. The van der Waals surface area contributed by atoms with E-state index in [9.17, 15) is 14.0 Å². The standard InChI is InChI=1S/C15H16FN3O4/c1-8-7-10(3-4-11(8)16)14-18-13(23-19-14)6-5-12(20)17-9(2)15(21)22/h3-4,7,9H,5-6H2,1-2H3,(H,17,20)(H,21,22)/t9-/m1/s1. The number of halogens is 1. The Kier molecular flexibility index (Phi) is 5.05. The summed E-state index contributed by atoms with van der Waals surface area (Å²) in [6.45, 7) is 3.01. The maximum atomic E-state index is 13.2. The van der Waals surface area contributed by atoms with Crippen LogP contribution in [-0.4, -0.2) is 33.2 Å². The quantitative estimate of drug-likeness (QED) is 0.839. The molecule has 2 N–H and O–H groups in total. The summed E-state index contributed by atoms with van der Waals surface area (Å²) in [6, 6.07) is 3.51. The van der Waals surface area contributed by atoms with Crippen LogP contribution in [0.5, 0.6) is 0 Å². The Morgan fingerprint density at radius 1 is 1.43 bits per heavy atom. The van der Waals surface area contributed by atoms with Crippen molar-refractivity contribution in [2.24, 2.45) is 0 Å². The van der Waals surface area contributed by atoms with E-state index in [2.05, 4.69) is 15.5 Å². The molecule has 23 heavy (non-hydrogen) atoms. The lowest BCUT2D eigenvalue weighted by Crippen LogP contribution is -2.38. The topological polar surface area (TPSA) is 105 Å². The van der Waals surface area contributed by atoms with Crippen LogP contribution in [0.15, 0.2) is 22.7 Å². The Bertz CT molecular complexity index is 729. The van der Waals surface area contributed by atoms with Gasteiger partial charge in [-0.1, -0.05) is 5.16 Å². The van der Waals surface area contributed by atoms with Gasteiger partial charge in [0.1, 0.15) is 11.9 Å². The zero-order valence-corrected chi connectivity index (χ0v) is 12.7. The number of carbonyl (C=O) groups excluding carboxylic acids is 1. The predicted octanol–water partition coefficient (Wildman–Crippen LogP) is 1.71. The maximum absolute atomic E-state index is 13.2. The first-order chi connectivity index (χ1) is 10.9. The molecule has 2 aromatic rings. The second-order valence-electron chi connectivity index (χ2n) is 5.10. The Hall–Kier alpha value is -2.77. The van der Waals surface area contributed by atoms with Crippen molar-refractivity contribution in [3.05, 3.63) is 35.5 Å². The Balaban J connectivity index is 1.96. The van der Waals surface area contributed by atoms with Crippen LogP contribution in [0.4, 0.5) is 4.39 Å². The summed E-state index contributed by atoms with van der Waals surface area (Å²) < 4.78 is 18.3. The van der Waals surface area contributed by atoms with E-state index in [4.69, 9.17) is 9.63 Å². The third kappa shape index (κ3) is 4.35. The zero-order chi connectivity index (χ0) is 17.0. The summed E-state index contributed by atoms with van der Waals surface area (Å²) in [4.78, 5) is 26.4. The van der Waals surface area contributed by atoms with Gasteiger partial charge in [0.25, 0.3) is 0 Å². The van der Waals surface area contributed by atoms with Crippen molar-refractivity contribution in [2.45, 2.75) is 32.7 Å². The summed E-state index contributed by atoms with van der Waals surface area (Å²) in [5.74, 6) is -1.29. The van der Waals surface area contributed by atoms with E-state index in [0.717, 1.165) is 0 Å².